The highest BCUT2D eigenvalue weighted by Crippen LogP contribution is 2.15. The first kappa shape index (κ1) is 18.2. The van der Waals surface area contributed by atoms with Gasteiger partial charge in [0.05, 0.1) is 0 Å². The molecule has 142 valence electrons. The zero-order valence-corrected chi connectivity index (χ0v) is 15.8. The minimum Gasteiger partial charge on any atom is -0.335 e. The molecule has 1 fully saturated rings. The van der Waals surface area contributed by atoms with E-state index in [0.29, 0.717) is 48.1 Å². The molecule has 1 aliphatic rings. The number of benzene rings is 1. The molecule has 1 saturated heterocycles. The molecule has 0 radical (unpaired) electrons. The Morgan fingerprint density at radius 3 is 2.11 bits per heavy atom. The van der Waals surface area contributed by atoms with Crippen LogP contribution in [0.5, 0.6) is 0 Å². The van der Waals surface area contributed by atoms with Gasteiger partial charge >= 0.3 is 0 Å². The molecule has 7 nitrogen and oxygen atoms in total. The van der Waals surface area contributed by atoms with E-state index in [0.717, 1.165) is 0 Å². The van der Waals surface area contributed by atoms with Crippen LogP contribution in [-0.2, 0) is 0 Å². The summed E-state index contributed by atoms with van der Waals surface area (Å²) in [6.45, 7) is 1.96. The van der Waals surface area contributed by atoms with Crippen LogP contribution < -0.4 is 0 Å². The highest BCUT2D eigenvalue weighted by molar-refractivity contribution is 6.30. The van der Waals surface area contributed by atoms with Gasteiger partial charge in [-0.15, -0.1) is 0 Å². The quantitative estimate of drug-likeness (QED) is 0.683. The van der Waals surface area contributed by atoms with Gasteiger partial charge in [0.15, 0.2) is 0 Å². The number of hydrogen-bond donors (Lipinski definition) is 0. The number of imidazole rings is 1. The highest BCUT2D eigenvalue weighted by Gasteiger charge is 2.25. The zero-order chi connectivity index (χ0) is 19.5. The number of piperazine rings is 1. The maximum Gasteiger partial charge on any atom is 0.254 e. The molecule has 0 N–H and O–H groups in total. The van der Waals surface area contributed by atoms with Crippen molar-refractivity contribution in [2.75, 3.05) is 26.2 Å². The van der Waals surface area contributed by atoms with Crippen LogP contribution in [0.1, 0.15) is 20.7 Å². The van der Waals surface area contributed by atoms with Crippen LogP contribution in [0.15, 0.2) is 61.3 Å². The maximum atomic E-state index is 12.9. The normalized spacial score (nSPS) is 14.2. The van der Waals surface area contributed by atoms with Crippen LogP contribution in [0.25, 0.3) is 5.82 Å². The predicted molar refractivity (Wildman–Crippen MR) is 105 cm³/mol. The second kappa shape index (κ2) is 7.82. The number of carbonyl (C=O) groups excluding carboxylic acids is 2. The topological polar surface area (TPSA) is 71.3 Å². The van der Waals surface area contributed by atoms with Crippen molar-refractivity contribution in [3.63, 3.8) is 0 Å². The van der Waals surface area contributed by atoms with Crippen molar-refractivity contribution in [3.8, 4) is 5.82 Å². The Kier molecular flexibility index (Phi) is 5.08. The Morgan fingerprint density at radius 1 is 0.857 bits per heavy atom. The summed E-state index contributed by atoms with van der Waals surface area (Å²) < 4.78 is 1.75. The SMILES string of the molecule is O=C(c1ccc(Cl)cc1)N1CCN(C(=O)c2ccnc(-n3ccnc3)c2)CC1. The summed E-state index contributed by atoms with van der Waals surface area (Å²) in [5, 5.41) is 0.597. The number of nitrogens with zero attached hydrogens (tertiary/aromatic N) is 5. The number of pyridine rings is 1. The number of amides is 2. The number of aromatic nitrogens is 3. The van der Waals surface area contributed by atoms with Gasteiger partial charge in [0, 0.05) is 60.9 Å². The summed E-state index contributed by atoms with van der Waals surface area (Å²) in [5.41, 5.74) is 1.17. The van der Waals surface area contributed by atoms with Crippen molar-refractivity contribution in [2.24, 2.45) is 0 Å². The molecule has 1 aliphatic heterocycles. The standard InChI is InChI=1S/C20H18ClN5O2/c21-17-3-1-15(2-4-17)19(27)24-9-11-25(12-10-24)20(28)16-5-6-23-18(13-16)26-8-7-22-14-26/h1-8,13-14H,9-12H2. The van der Waals surface area contributed by atoms with E-state index in [9.17, 15) is 9.59 Å². The average molecular weight is 396 g/mol. The molecule has 0 aliphatic carbocycles. The Bertz CT molecular complexity index is 980. The maximum absolute atomic E-state index is 12.9. The van der Waals surface area contributed by atoms with E-state index >= 15 is 0 Å². The van der Waals surface area contributed by atoms with E-state index in [1.54, 1.807) is 75.7 Å². The third kappa shape index (κ3) is 3.75. The first-order valence-electron chi connectivity index (χ1n) is 8.90. The van der Waals surface area contributed by atoms with Crippen molar-refractivity contribution in [2.45, 2.75) is 0 Å². The lowest BCUT2D eigenvalue weighted by Gasteiger charge is -2.35. The molecule has 0 bridgehead atoms. The molecule has 3 aromatic rings. The van der Waals surface area contributed by atoms with Crippen molar-refractivity contribution in [1.29, 1.82) is 0 Å². The van der Waals surface area contributed by atoms with Gasteiger partial charge < -0.3 is 9.80 Å². The summed E-state index contributed by atoms with van der Waals surface area (Å²) in [6, 6.07) is 10.3. The fourth-order valence-electron chi connectivity index (χ4n) is 3.16. The van der Waals surface area contributed by atoms with Crippen LogP contribution in [0.4, 0.5) is 0 Å². The molecule has 0 unspecified atom stereocenters. The van der Waals surface area contributed by atoms with Crippen molar-refractivity contribution in [3.05, 3.63) is 77.5 Å². The summed E-state index contributed by atoms with van der Waals surface area (Å²) in [4.78, 5) is 37.3. The predicted octanol–water partition coefficient (Wildman–Crippen LogP) is 2.52. The van der Waals surface area contributed by atoms with Crippen LogP contribution in [0.3, 0.4) is 0 Å². The minimum absolute atomic E-state index is 0.0462. The van der Waals surface area contributed by atoms with Crippen LogP contribution >= 0.6 is 11.6 Å². The van der Waals surface area contributed by atoms with E-state index in [2.05, 4.69) is 9.97 Å². The van der Waals surface area contributed by atoms with Crippen LogP contribution in [-0.4, -0.2) is 62.3 Å². The van der Waals surface area contributed by atoms with E-state index < -0.39 is 0 Å². The largest absolute Gasteiger partial charge is 0.335 e. The average Bonchev–Trinajstić information content (AvgIpc) is 3.28. The molecule has 0 spiro atoms. The van der Waals surface area contributed by atoms with Gasteiger partial charge in [-0.1, -0.05) is 11.6 Å². The van der Waals surface area contributed by atoms with E-state index in [4.69, 9.17) is 11.6 Å². The molecule has 4 rings (SSSR count). The second-order valence-corrected chi connectivity index (χ2v) is 6.90. The molecular weight excluding hydrogens is 378 g/mol. The smallest absolute Gasteiger partial charge is 0.254 e. The molecule has 8 heteroatoms. The Balaban J connectivity index is 1.41. The van der Waals surface area contributed by atoms with E-state index in [1.807, 2.05) is 0 Å². The third-order valence-corrected chi connectivity index (χ3v) is 4.96. The summed E-state index contributed by atoms with van der Waals surface area (Å²) in [7, 11) is 0. The monoisotopic (exact) mass is 395 g/mol. The summed E-state index contributed by atoms with van der Waals surface area (Å²) >= 11 is 5.88. The van der Waals surface area contributed by atoms with Gasteiger partial charge in [-0.2, -0.15) is 0 Å². The van der Waals surface area contributed by atoms with Gasteiger partial charge in [0.25, 0.3) is 11.8 Å². The number of carbonyl (C=O) groups is 2. The van der Waals surface area contributed by atoms with Gasteiger partial charge in [-0.25, -0.2) is 9.97 Å². The molecular formula is C20H18ClN5O2. The first-order valence-corrected chi connectivity index (χ1v) is 9.28. The summed E-state index contributed by atoms with van der Waals surface area (Å²) in [6.07, 6.45) is 6.69. The lowest BCUT2D eigenvalue weighted by Crippen LogP contribution is -2.50. The van der Waals surface area contributed by atoms with E-state index in [1.165, 1.54) is 0 Å². The van der Waals surface area contributed by atoms with Gasteiger partial charge in [-0.3, -0.25) is 14.2 Å². The molecule has 3 heterocycles. The van der Waals surface area contributed by atoms with Crippen molar-refractivity contribution >= 4 is 23.4 Å². The van der Waals surface area contributed by atoms with Crippen LogP contribution in [0, 0.1) is 0 Å². The Morgan fingerprint density at radius 2 is 1.50 bits per heavy atom. The third-order valence-electron chi connectivity index (χ3n) is 4.71. The highest BCUT2D eigenvalue weighted by atomic mass is 35.5. The number of halogens is 1. The summed E-state index contributed by atoms with van der Waals surface area (Å²) in [5.74, 6) is 0.525. The Labute approximate surface area is 167 Å². The van der Waals surface area contributed by atoms with Crippen molar-refractivity contribution in [1.82, 2.24) is 24.3 Å². The second-order valence-electron chi connectivity index (χ2n) is 6.46. The molecule has 1 aromatic carbocycles. The minimum atomic E-state index is -0.0673. The molecule has 2 aromatic heterocycles. The van der Waals surface area contributed by atoms with Gasteiger partial charge in [-0.05, 0) is 36.4 Å². The number of hydrogen-bond acceptors (Lipinski definition) is 4. The van der Waals surface area contributed by atoms with Crippen LogP contribution in [0.2, 0.25) is 5.02 Å². The van der Waals surface area contributed by atoms with E-state index in [-0.39, 0.29) is 11.8 Å². The molecule has 0 saturated carbocycles. The van der Waals surface area contributed by atoms with Gasteiger partial charge in [0.1, 0.15) is 12.1 Å². The van der Waals surface area contributed by atoms with Gasteiger partial charge in [0.2, 0.25) is 0 Å². The fourth-order valence-corrected chi connectivity index (χ4v) is 3.28. The zero-order valence-electron chi connectivity index (χ0n) is 15.0. The number of rotatable bonds is 3. The molecule has 2 amide bonds. The fraction of sp³-hybridized carbons (Fsp3) is 0.200. The molecule has 28 heavy (non-hydrogen) atoms. The lowest BCUT2D eigenvalue weighted by molar-refractivity contribution is 0.0535. The molecule has 0 atom stereocenters. The Hall–Kier alpha value is -3.19. The van der Waals surface area contributed by atoms with Crippen molar-refractivity contribution < 1.29 is 9.59 Å². The first-order chi connectivity index (χ1) is 13.6. The lowest BCUT2D eigenvalue weighted by atomic mass is 10.1.